The Morgan fingerprint density at radius 1 is 1.42 bits per heavy atom. The average molecular weight is 224 g/mol. The Bertz CT molecular complexity index is 434. The van der Waals surface area contributed by atoms with E-state index < -0.39 is 0 Å². The molecule has 0 bridgehead atoms. The molecule has 12 heavy (non-hydrogen) atoms. The Morgan fingerprint density at radius 2 is 2.17 bits per heavy atom. The van der Waals surface area contributed by atoms with Crippen molar-refractivity contribution in [3.8, 4) is 0 Å². The Hall–Kier alpha value is -0.630. The van der Waals surface area contributed by atoms with Crippen molar-refractivity contribution in [1.29, 1.82) is 0 Å². The van der Waals surface area contributed by atoms with E-state index in [1.807, 2.05) is 0 Å². The Kier molecular flexibility index (Phi) is 1.80. The lowest BCUT2D eigenvalue weighted by atomic mass is 10.1. The Labute approximate surface area is 80.0 Å². The highest BCUT2D eigenvalue weighted by molar-refractivity contribution is 9.10. The molecule has 0 radical (unpaired) electrons. The van der Waals surface area contributed by atoms with Crippen molar-refractivity contribution in [2.75, 3.05) is 0 Å². The SMILES string of the molecule is CC1=c2ccc(Br)cc2=NC1C. The van der Waals surface area contributed by atoms with E-state index in [1.54, 1.807) is 0 Å². The second-order valence-electron chi connectivity index (χ2n) is 3.15. The van der Waals surface area contributed by atoms with E-state index in [9.17, 15) is 0 Å². The number of halogens is 1. The van der Waals surface area contributed by atoms with Gasteiger partial charge in [0.15, 0.2) is 0 Å². The summed E-state index contributed by atoms with van der Waals surface area (Å²) in [6.45, 7) is 4.27. The van der Waals surface area contributed by atoms with Crippen molar-refractivity contribution in [1.82, 2.24) is 0 Å². The zero-order valence-corrected chi connectivity index (χ0v) is 8.72. The fourth-order valence-electron chi connectivity index (χ4n) is 1.48. The van der Waals surface area contributed by atoms with Gasteiger partial charge in [-0.15, -0.1) is 0 Å². The van der Waals surface area contributed by atoms with Gasteiger partial charge in [-0.3, -0.25) is 4.99 Å². The molecule has 0 saturated heterocycles. The standard InChI is InChI=1S/C10H10BrN/c1-6-7(2)12-10-5-8(11)3-4-9(6)10/h3-5,7H,1-2H3. The largest absolute Gasteiger partial charge is 0.277 e. The van der Waals surface area contributed by atoms with Gasteiger partial charge in [0.05, 0.1) is 11.4 Å². The minimum Gasteiger partial charge on any atom is -0.277 e. The monoisotopic (exact) mass is 223 g/mol. The molecule has 0 fully saturated rings. The van der Waals surface area contributed by atoms with Gasteiger partial charge in [0.2, 0.25) is 0 Å². The van der Waals surface area contributed by atoms with Crippen LogP contribution >= 0.6 is 15.9 Å². The van der Waals surface area contributed by atoms with Gasteiger partial charge in [-0.2, -0.15) is 0 Å². The van der Waals surface area contributed by atoms with Crippen molar-refractivity contribution in [2.24, 2.45) is 4.99 Å². The molecule has 1 aliphatic heterocycles. The maximum absolute atomic E-state index is 4.53. The van der Waals surface area contributed by atoms with E-state index in [1.165, 1.54) is 10.8 Å². The highest BCUT2D eigenvalue weighted by Crippen LogP contribution is 2.09. The third-order valence-electron chi connectivity index (χ3n) is 2.34. The lowest BCUT2D eigenvalue weighted by Crippen LogP contribution is -2.21. The van der Waals surface area contributed by atoms with Crippen LogP contribution in [-0.4, -0.2) is 6.04 Å². The molecule has 1 unspecified atom stereocenters. The van der Waals surface area contributed by atoms with Gasteiger partial charge in [-0.25, -0.2) is 0 Å². The quantitative estimate of drug-likeness (QED) is 0.635. The molecular formula is C10H10BrN. The Balaban J connectivity index is 2.85. The summed E-state index contributed by atoms with van der Waals surface area (Å²) in [5.41, 5.74) is 1.37. The molecule has 0 aromatic heterocycles. The van der Waals surface area contributed by atoms with Crippen LogP contribution in [0.1, 0.15) is 13.8 Å². The first kappa shape index (κ1) is 7.99. The molecule has 0 N–H and O–H groups in total. The predicted molar refractivity (Wildman–Crippen MR) is 53.5 cm³/mol. The first-order valence-electron chi connectivity index (χ1n) is 4.02. The molecule has 1 aromatic rings. The zero-order chi connectivity index (χ0) is 8.72. The molecule has 0 amide bonds. The van der Waals surface area contributed by atoms with Crippen LogP contribution in [0, 0.1) is 0 Å². The molecule has 1 nitrogen and oxygen atoms in total. The lowest BCUT2D eigenvalue weighted by molar-refractivity contribution is 0.926. The highest BCUT2D eigenvalue weighted by atomic mass is 79.9. The summed E-state index contributed by atoms with van der Waals surface area (Å²) >= 11 is 3.44. The summed E-state index contributed by atoms with van der Waals surface area (Å²) in [4.78, 5) is 4.53. The fourth-order valence-corrected chi connectivity index (χ4v) is 1.82. The van der Waals surface area contributed by atoms with E-state index in [-0.39, 0.29) is 0 Å². The van der Waals surface area contributed by atoms with Crippen LogP contribution in [0.15, 0.2) is 27.7 Å². The van der Waals surface area contributed by atoms with Crippen LogP contribution in [0.4, 0.5) is 0 Å². The number of hydrogen-bond acceptors (Lipinski definition) is 1. The Morgan fingerprint density at radius 3 is 2.92 bits per heavy atom. The third kappa shape index (κ3) is 1.11. The number of fused-ring (bicyclic) bond motifs is 1. The van der Waals surface area contributed by atoms with Gasteiger partial charge in [-0.05, 0) is 31.6 Å². The summed E-state index contributed by atoms with van der Waals surface area (Å²) in [7, 11) is 0. The summed E-state index contributed by atoms with van der Waals surface area (Å²) in [6.07, 6.45) is 0. The molecule has 2 rings (SSSR count). The summed E-state index contributed by atoms with van der Waals surface area (Å²) < 4.78 is 1.10. The van der Waals surface area contributed by atoms with E-state index in [0.29, 0.717) is 6.04 Å². The third-order valence-corrected chi connectivity index (χ3v) is 2.84. The highest BCUT2D eigenvalue weighted by Gasteiger charge is 2.09. The normalized spacial score (nSPS) is 20.6. The van der Waals surface area contributed by atoms with Crippen molar-refractivity contribution in [2.45, 2.75) is 19.9 Å². The van der Waals surface area contributed by atoms with Crippen LogP contribution in [0.25, 0.3) is 5.57 Å². The molecular weight excluding hydrogens is 214 g/mol. The van der Waals surface area contributed by atoms with Gasteiger partial charge < -0.3 is 0 Å². The maximum Gasteiger partial charge on any atom is 0.0695 e. The summed E-state index contributed by atoms with van der Waals surface area (Å²) in [5.74, 6) is 0. The van der Waals surface area contributed by atoms with Crippen molar-refractivity contribution in [3.63, 3.8) is 0 Å². The number of rotatable bonds is 0. The molecule has 1 atom stereocenters. The number of benzene rings is 1. The summed E-state index contributed by atoms with van der Waals surface area (Å²) in [6, 6.07) is 6.62. The van der Waals surface area contributed by atoms with Crippen molar-refractivity contribution < 1.29 is 0 Å². The topological polar surface area (TPSA) is 12.4 Å². The second kappa shape index (κ2) is 2.70. The molecule has 1 aromatic carbocycles. The molecule has 0 aliphatic carbocycles. The van der Waals surface area contributed by atoms with E-state index in [4.69, 9.17) is 0 Å². The van der Waals surface area contributed by atoms with Crippen LogP contribution in [-0.2, 0) is 0 Å². The second-order valence-corrected chi connectivity index (χ2v) is 4.07. The van der Waals surface area contributed by atoms with Gasteiger partial charge in [0.25, 0.3) is 0 Å². The zero-order valence-electron chi connectivity index (χ0n) is 7.13. The lowest BCUT2D eigenvalue weighted by Gasteiger charge is -1.97. The first-order chi connectivity index (χ1) is 5.68. The van der Waals surface area contributed by atoms with Crippen molar-refractivity contribution >= 4 is 21.5 Å². The smallest absolute Gasteiger partial charge is 0.0695 e. The maximum atomic E-state index is 4.53. The minimum atomic E-state index is 0.356. The predicted octanol–water partition coefficient (Wildman–Crippen LogP) is 1.64. The molecule has 0 saturated carbocycles. The van der Waals surface area contributed by atoms with Gasteiger partial charge in [0, 0.05) is 9.69 Å². The van der Waals surface area contributed by atoms with Crippen molar-refractivity contribution in [3.05, 3.63) is 33.2 Å². The van der Waals surface area contributed by atoms with Crippen LogP contribution in [0.5, 0.6) is 0 Å². The minimum absolute atomic E-state index is 0.356. The van der Waals surface area contributed by atoms with Gasteiger partial charge in [0.1, 0.15) is 0 Å². The first-order valence-corrected chi connectivity index (χ1v) is 4.82. The van der Waals surface area contributed by atoms with E-state index in [2.05, 4.69) is 53.0 Å². The number of nitrogens with zero attached hydrogens (tertiary/aromatic N) is 1. The average Bonchev–Trinajstić information content (AvgIpc) is 2.28. The molecule has 62 valence electrons. The van der Waals surface area contributed by atoms with Crippen LogP contribution < -0.4 is 10.6 Å². The van der Waals surface area contributed by atoms with Gasteiger partial charge in [-0.1, -0.05) is 22.0 Å². The van der Waals surface area contributed by atoms with E-state index >= 15 is 0 Å². The van der Waals surface area contributed by atoms with E-state index in [0.717, 1.165) is 9.83 Å². The van der Waals surface area contributed by atoms with Crippen LogP contribution in [0.2, 0.25) is 0 Å². The molecule has 1 heterocycles. The molecule has 1 aliphatic rings. The fraction of sp³-hybridized carbons (Fsp3) is 0.300. The van der Waals surface area contributed by atoms with Crippen LogP contribution in [0.3, 0.4) is 0 Å². The van der Waals surface area contributed by atoms with Gasteiger partial charge >= 0.3 is 0 Å². The molecule has 2 heteroatoms. The summed E-state index contributed by atoms with van der Waals surface area (Å²) in [5, 5.41) is 2.42. The number of hydrogen-bond donors (Lipinski definition) is 0. The molecule has 0 spiro atoms.